The van der Waals surface area contributed by atoms with Crippen molar-refractivity contribution in [2.45, 2.75) is 63.4 Å². The Morgan fingerprint density at radius 3 is 1.19 bits per heavy atom. The Morgan fingerprint density at radius 1 is 0.579 bits per heavy atom. The smallest absolute Gasteiger partial charge is 0.744 e. The van der Waals surface area contributed by atoms with Crippen LogP contribution < -0.4 is 10.0 Å². The maximum atomic E-state index is 12.7. The second-order valence-electron chi connectivity index (χ2n) is 12.7. The summed E-state index contributed by atoms with van der Waals surface area (Å²) in [6.07, 6.45) is 0. The van der Waals surface area contributed by atoms with Crippen molar-refractivity contribution < 1.29 is 35.5 Å². The average Bonchev–Trinajstić information content (AvgIpc) is 3.57. The predicted octanol–water partition coefficient (Wildman–Crippen LogP) is 7.09. The molecule has 0 fully saturated rings. The van der Waals surface area contributed by atoms with E-state index in [0.717, 1.165) is 23.3 Å². The van der Waals surface area contributed by atoms with Crippen LogP contribution in [0.4, 0.5) is 22.7 Å². The number of azo groups is 2. The van der Waals surface area contributed by atoms with Crippen LogP contribution in [0.2, 0.25) is 10.0 Å². The van der Waals surface area contributed by atoms with E-state index in [2.05, 4.69) is 30.7 Å². The van der Waals surface area contributed by atoms with Crippen LogP contribution in [0.25, 0.3) is 0 Å². The molecule has 0 N–H and O–H groups in total. The molecule has 2 aliphatic heterocycles. The molecule has 2 heterocycles. The van der Waals surface area contributed by atoms with E-state index in [1.54, 1.807) is 52.0 Å². The molecule has 57 heavy (non-hydrogen) atoms. The molecule has 2 unspecified atom stereocenters. The number of benzene rings is 4. The van der Waals surface area contributed by atoms with E-state index < -0.39 is 53.9 Å². The Bertz CT molecular complexity index is 2410. The Balaban J connectivity index is 0.000000248. The molecule has 0 saturated heterocycles. The number of aryl methyl sites for hydroxylation is 4. The van der Waals surface area contributed by atoms with E-state index >= 15 is 0 Å². The van der Waals surface area contributed by atoms with Crippen LogP contribution in [0.15, 0.2) is 113 Å². The first-order valence-electron chi connectivity index (χ1n) is 16.4. The summed E-state index contributed by atoms with van der Waals surface area (Å²) in [6.45, 7) is 10.4. The van der Waals surface area contributed by atoms with Gasteiger partial charge < -0.3 is 9.11 Å². The quantitative estimate of drug-likeness (QED) is 0.101. The van der Waals surface area contributed by atoms with Crippen molar-refractivity contribution in [3.63, 3.8) is 0 Å². The van der Waals surface area contributed by atoms with Crippen LogP contribution in [-0.2, 0) is 29.8 Å². The zero-order valence-electron chi connectivity index (χ0n) is 31.2. The summed E-state index contributed by atoms with van der Waals surface area (Å²) < 4.78 is 69.0. The molecule has 2 atom stereocenters. The van der Waals surface area contributed by atoms with Crippen LogP contribution in [0.1, 0.15) is 36.1 Å². The van der Waals surface area contributed by atoms with Crippen molar-refractivity contribution >= 4 is 127 Å². The molecular formula is C36H32CaCl2N8O8S2. The number of carbonyl (C=O) groups is 2. The van der Waals surface area contributed by atoms with Crippen LogP contribution in [0, 0.1) is 27.7 Å². The van der Waals surface area contributed by atoms with Gasteiger partial charge in [-0.25, -0.2) is 16.8 Å². The van der Waals surface area contributed by atoms with Gasteiger partial charge in [0.2, 0.25) is 0 Å². The van der Waals surface area contributed by atoms with Gasteiger partial charge in [0, 0.05) is 10.0 Å². The summed E-state index contributed by atoms with van der Waals surface area (Å²) in [7, 11) is -9.63. The second-order valence-corrected chi connectivity index (χ2v) is 16.2. The normalized spacial score (nSPS) is 17.2. The molecule has 0 bridgehead atoms. The summed E-state index contributed by atoms with van der Waals surface area (Å²) in [6, 6.07) is 17.1. The fourth-order valence-corrected chi connectivity index (χ4v) is 6.91. The molecule has 0 aromatic heterocycles. The zero-order valence-corrected chi connectivity index (χ0v) is 36.6. The summed E-state index contributed by atoms with van der Waals surface area (Å²) in [5, 5.41) is 26.7. The third-order valence-electron chi connectivity index (χ3n) is 8.33. The zero-order chi connectivity index (χ0) is 41.3. The molecule has 6 rings (SSSR count). The molecule has 292 valence electrons. The van der Waals surface area contributed by atoms with Crippen molar-refractivity contribution in [1.29, 1.82) is 0 Å². The maximum absolute atomic E-state index is 12.7. The van der Waals surface area contributed by atoms with Gasteiger partial charge in [-0.15, -0.1) is 0 Å². The van der Waals surface area contributed by atoms with E-state index in [9.17, 15) is 35.5 Å². The molecule has 2 amide bonds. The molecular weight excluding hydrogens is 848 g/mol. The molecule has 4 aromatic carbocycles. The molecule has 0 spiro atoms. The number of halogens is 2. The number of hydrazone groups is 2. The fourth-order valence-electron chi connectivity index (χ4n) is 5.21. The molecule has 0 saturated carbocycles. The number of nitrogens with zero attached hydrogens (tertiary/aromatic N) is 8. The van der Waals surface area contributed by atoms with Crippen molar-refractivity contribution in [1.82, 2.24) is 0 Å². The third kappa shape index (κ3) is 10.8. The summed E-state index contributed by atoms with van der Waals surface area (Å²) >= 11 is 11.8. The van der Waals surface area contributed by atoms with Crippen LogP contribution >= 0.6 is 23.2 Å². The van der Waals surface area contributed by atoms with Crippen molar-refractivity contribution in [3.8, 4) is 0 Å². The van der Waals surface area contributed by atoms with E-state index in [-0.39, 0.29) is 59.2 Å². The topological polar surface area (TPSA) is 229 Å². The van der Waals surface area contributed by atoms with Crippen LogP contribution in [-0.4, -0.2) is 99.0 Å². The number of amides is 2. The maximum Gasteiger partial charge on any atom is 2.00 e. The molecule has 21 heteroatoms. The number of hydrogen-bond donors (Lipinski definition) is 0. The number of hydrogen-bond acceptors (Lipinski definition) is 14. The first kappa shape index (κ1) is 45.7. The largest absolute Gasteiger partial charge is 2.00 e. The van der Waals surface area contributed by atoms with Gasteiger partial charge in [0.15, 0.2) is 12.1 Å². The van der Waals surface area contributed by atoms with E-state index in [1.807, 2.05) is 38.1 Å². The predicted molar refractivity (Wildman–Crippen MR) is 214 cm³/mol. The van der Waals surface area contributed by atoms with Gasteiger partial charge in [-0.1, -0.05) is 58.6 Å². The van der Waals surface area contributed by atoms with Crippen LogP contribution in [0.3, 0.4) is 0 Å². The molecule has 0 radical (unpaired) electrons. The van der Waals surface area contributed by atoms with Gasteiger partial charge >= 0.3 is 37.7 Å². The average molecular weight is 880 g/mol. The Hall–Kier alpha value is -3.98. The second kappa shape index (κ2) is 18.3. The number of anilines is 2. The molecule has 4 aromatic rings. The monoisotopic (exact) mass is 878 g/mol. The van der Waals surface area contributed by atoms with Crippen molar-refractivity contribution in [3.05, 3.63) is 105 Å². The van der Waals surface area contributed by atoms with Crippen molar-refractivity contribution in [2.24, 2.45) is 30.7 Å². The van der Waals surface area contributed by atoms with E-state index in [1.165, 1.54) is 22.2 Å². The van der Waals surface area contributed by atoms with Gasteiger partial charge in [-0.3, -0.25) is 9.59 Å². The van der Waals surface area contributed by atoms with E-state index in [4.69, 9.17) is 23.2 Å². The standard InChI is InChI=1S/2C18H17ClN4O4S.Ca/c2*1-10-4-6-13(7-5-10)23-18(24)17(12(3)22-23)21-20-15-8-11(2)14(19)9-16(15)28(25,26)27;/h2*4-9,17H,1-3H3,(H,25,26,27);/q;;+2/p-2. The Labute approximate surface area is 368 Å². The minimum absolute atomic E-state index is 0. The fraction of sp³-hybridized carbons (Fsp3) is 0.222. The molecule has 0 aliphatic carbocycles. The minimum Gasteiger partial charge on any atom is -0.744 e. The van der Waals surface area contributed by atoms with Gasteiger partial charge in [-0.2, -0.15) is 40.7 Å². The first-order chi connectivity index (χ1) is 26.1. The van der Waals surface area contributed by atoms with Crippen molar-refractivity contribution in [2.75, 3.05) is 10.0 Å². The SMILES string of the molecule is CC1=NN(c2ccc(C)cc2)C(=O)C1N=Nc1cc(C)c(Cl)cc1S(=O)(=O)[O-].CC1=NN(c2ccc(C)cc2)C(=O)C1N=Nc1cc(C)c(Cl)cc1S(=O)(=O)[O-].[Ca+2]. The van der Waals surface area contributed by atoms with Gasteiger partial charge in [0.1, 0.15) is 31.6 Å². The molecule has 16 nitrogen and oxygen atoms in total. The summed E-state index contributed by atoms with van der Waals surface area (Å²) in [4.78, 5) is 24.2. The van der Waals surface area contributed by atoms with E-state index in [0.29, 0.717) is 33.9 Å². The van der Waals surface area contributed by atoms with Gasteiger partial charge in [0.05, 0.1) is 32.6 Å². The van der Waals surface area contributed by atoms with Crippen LogP contribution in [0.5, 0.6) is 0 Å². The summed E-state index contributed by atoms with van der Waals surface area (Å²) in [5.41, 5.74) is 4.72. The summed E-state index contributed by atoms with van der Waals surface area (Å²) in [5.74, 6) is -0.857. The number of carbonyl (C=O) groups excluding carboxylic acids is 2. The van der Waals surface area contributed by atoms with Gasteiger partial charge in [0.25, 0.3) is 11.8 Å². The Morgan fingerprint density at radius 2 is 0.895 bits per heavy atom. The first-order valence-corrected chi connectivity index (χ1v) is 20.0. The Kier molecular flexibility index (Phi) is 14.7. The number of rotatable bonds is 8. The minimum atomic E-state index is -4.82. The molecule has 2 aliphatic rings. The van der Waals surface area contributed by atoms with Gasteiger partial charge in [-0.05, 0) is 101 Å². The third-order valence-corrected chi connectivity index (χ3v) is 10.9.